The maximum absolute atomic E-state index is 14.2. The van der Waals surface area contributed by atoms with E-state index in [0.717, 1.165) is 18.2 Å². The van der Waals surface area contributed by atoms with E-state index < -0.39 is 33.6 Å². The molecule has 2 N–H and O–H groups in total. The molecule has 0 aliphatic carbocycles. The smallest absolute Gasteiger partial charge is 0.229 e. The van der Waals surface area contributed by atoms with E-state index in [9.17, 15) is 22.0 Å². The standard InChI is InChI=1S/C19H19F2N3O3S/c1-19(2,3)18(25)23-12-5-6-13-15(9-12)22-10-17(13)24(28(26)27)16-8-11(20)4-7-14(16)21/h4-10,22,28H,1-3H3,(H,23,25). The summed E-state index contributed by atoms with van der Waals surface area (Å²) in [6, 6.07) is 7.45. The third kappa shape index (κ3) is 3.84. The Morgan fingerprint density at radius 2 is 1.79 bits per heavy atom. The number of nitrogens with one attached hydrogen (secondary N) is 2. The van der Waals surface area contributed by atoms with Crippen LogP contribution in [0.3, 0.4) is 0 Å². The minimum atomic E-state index is -3.29. The van der Waals surface area contributed by atoms with Crippen LogP contribution in [0.1, 0.15) is 20.8 Å². The number of anilines is 3. The average molecular weight is 407 g/mol. The van der Waals surface area contributed by atoms with Crippen LogP contribution >= 0.6 is 0 Å². The first-order valence-corrected chi connectivity index (χ1v) is 9.53. The SMILES string of the molecule is CC(C)(C)C(=O)Nc1ccc2c(N(c3cc(F)ccc3F)[SH](=O)=O)c[nH]c2c1. The summed E-state index contributed by atoms with van der Waals surface area (Å²) in [5, 5.41) is 3.25. The molecule has 3 rings (SSSR count). The van der Waals surface area contributed by atoms with Gasteiger partial charge in [0.05, 0.1) is 11.4 Å². The highest BCUT2D eigenvalue weighted by atomic mass is 32.2. The van der Waals surface area contributed by atoms with Crippen molar-refractivity contribution in [1.82, 2.24) is 4.98 Å². The second kappa shape index (κ2) is 7.23. The topological polar surface area (TPSA) is 82.3 Å². The van der Waals surface area contributed by atoms with Crippen molar-refractivity contribution in [3.8, 4) is 0 Å². The first-order chi connectivity index (χ1) is 13.1. The highest BCUT2D eigenvalue weighted by Gasteiger charge is 2.23. The van der Waals surface area contributed by atoms with Crippen LogP contribution in [0.2, 0.25) is 0 Å². The zero-order chi connectivity index (χ0) is 20.6. The van der Waals surface area contributed by atoms with Crippen LogP contribution in [0.15, 0.2) is 42.6 Å². The van der Waals surface area contributed by atoms with Gasteiger partial charge in [-0.3, -0.25) is 4.79 Å². The zero-order valence-corrected chi connectivity index (χ0v) is 16.3. The highest BCUT2D eigenvalue weighted by Crippen LogP contribution is 2.35. The van der Waals surface area contributed by atoms with E-state index in [2.05, 4.69) is 10.3 Å². The molecule has 1 heterocycles. The summed E-state index contributed by atoms with van der Waals surface area (Å²) in [7, 11) is -3.29. The fraction of sp³-hybridized carbons (Fsp3) is 0.211. The molecule has 0 radical (unpaired) electrons. The molecule has 0 fully saturated rings. The van der Waals surface area contributed by atoms with Crippen LogP contribution in [-0.4, -0.2) is 19.3 Å². The van der Waals surface area contributed by atoms with Gasteiger partial charge in [-0.05, 0) is 30.3 Å². The van der Waals surface area contributed by atoms with Crippen molar-refractivity contribution in [3.05, 3.63) is 54.2 Å². The Bertz CT molecular complexity index is 1130. The molecule has 0 atom stereocenters. The number of benzene rings is 2. The summed E-state index contributed by atoms with van der Waals surface area (Å²) in [5.41, 5.74) is 0.199. The second-order valence-electron chi connectivity index (χ2n) is 7.28. The van der Waals surface area contributed by atoms with Crippen LogP contribution in [0.25, 0.3) is 10.9 Å². The van der Waals surface area contributed by atoms with Crippen molar-refractivity contribution in [2.45, 2.75) is 20.8 Å². The summed E-state index contributed by atoms with van der Waals surface area (Å²) in [6.07, 6.45) is 1.38. The molecule has 0 unspecified atom stereocenters. The van der Waals surface area contributed by atoms with E-state index in [4.69, 9.17) is 0 Å². The van der Waals surface area contributed by atoms with Gasteiger partial charge in [-0.15, -0.1) is 0 Å². The number of rotatable bonds is 4. The number of aromatic amines is 1. The van der Waals surface area contributed by atoms with Gasteiger partial charge < -0.3 is 10.3 Å². The molecule has 1 amide bonds. The van der Waals surface area contributed by atoms with Crippen molar-refractivity contribution in [3.63, 3.8) is 0 Å². The first kappa shape index (κ1) is 19.8. The van der Waals surface area contributed by atoms with Gasteiger partial charge in [0.2, 0.25) is 16.8 Å². The lowest BCUT2D eigenvalue weighted by Gasteiger charge is -2.18. The third-order valence-electron chi connectivity index (χ3n) is 4.13. The van der Waals surface area contributed by atoms with Gasteiger partial charge in [-0.25, -0.2) is 21.5 Å². The van der Waals surface area contributed by atoms with Crippen molar-refractivity contribution >= 4 is 44.8 Å². The van der Waals surface area contributed by atoms with Gasteiger partial charge in [0, 0.05) is 34.3 Å². The lowest BCUT2D eigenvalue weighted by atomic mass is 9.95. The number of aromatic nitrogens is 1. The molecule has 2 aromatic carbocycles. The van der Waals surface area contributed by atoms with Gasteiger partial charge in [-0.2, -0.15) is 0 Å². The van der Waals surface area contributed by atoms with Crippen LogP contribution < -0.4 is 9.62 Å². The minimum absolute atomic E-state index is 0.143. The summed E-state index contributed by atoms with van der Waals surface area (Å²) in [6.45, 7) is 5.34. The molecule has 0 aliphatic heterocycles. The van der Waals surface area contributed by atoms with E-state index in [-0.39, 0.29) is 11.6 Å². The molecule has 0 saturated heterocycles. The van der Waals surface area contributed by atoms with Gasteiger partial charge in [0.25, 0.3) is 0 Å². The van der Waals surface area contributed by atoms with Crippen molar-refractivity contribution in [2.75, 3.05) is 9.62 Å². The van der Waals surface area contributed by atoms with Crippen LogP contribution in [0.4, 0.5) is 25.8 Å². The van der Waals surface area contributed by atoms with Gasteiger partial charge in [0.1, 0.15) is 11.6 Å². The van der Waals surface area contributed by atoms with Crippen LogP contribution in [-0.2, 0) is 15.7 Å². The van der Waals surface area contributed by atoms with Crippen LogP contribution in [0.5, 0.6) is 0 Å². The monoisotopic (exact) mass is 407 g/mol. The van der Waals surface area contributed by atoms with E-state index in [1.165, 1.54) is 6.20 Å². The summed E-state index contributed by atoms with van der Waals surface area (Å²) in [5.74, 6) is -1.81. The Labute approximate surface area is 162 Å². The molecular formula is C19H19F2N3O3S. The van der Waals surface area contributed by atoms with Gasteiger partial charge in [-0.1, -0.05) is 20.8 Å². The molecule has 1 aromatic heterocycles. The Hall–Kier alpha value is -2.94. The van der Waals surface area contributed by atoms with E-state index in [1.807, 2.05) is 0 Å². The molecule has 0 aliphatic rings. The molecule has 9 heteroatoms. The minimum Gasteiger partial charge on any atom is -0.359 e. The lowest BCUT2D eigenvalue weighted by Crippen LogP contribution is -2.27. The van der Waals surface area contributed by atoms with Crippen molar-refractivity contribution in [2.24, 2.45) is 5.41 Å². The maximum Gasteiger partial charge on any atom is 0.229 e. The number of halogens is 2. The summed E-state index contributed by atoms with van der Waals surface area (Å²) < 4.78 is 52.1. The molecule has 0 bridgehead atoms. The number of nitrogens with zero attached hydrogens (tertiary/aromatic N) is 1. The molecule has 0 spiro atoms. The Morgan fingerprint density at radius 1 is 1.07 bits per heavy atom. The predicted molar refractivity (Wildman–Crippen MR) is 105 cm³/mol. The number of hydrogen-bond donors (Lipinski definition) is 3. The fourth-order valence-corrected chi connectivity index (χ4v) is 3.31. The summed E-state index contributed by atoms with van der Waals surface area (Å²) >= 11 is 0. The zero-order valence-electron chi connectivity index (χ0n) is 15.4. The van der Waals surface area contributed by atoms with Crippen molar-refractivity contribution < 1.29 is 22.0 Å². The first-order valence-electron chi connectivity index (χ1n) is 8.40. The second-order valence-corrected chi connectivity index (χ2v) is 8.16. The molecule has 148 valence electrons. The largest absolute Gasteiger partial charge is 0.359 e. The number of fused-ring (bicyclic) bond motifs is 1. The number of amides is 1. The Morgan fingerprint density at radius 3 is 2.43 bits per heavy atom. The maximum atomic E-state index is 14.2. The normalized spacial score (nSPS) is 11.8. The summed E-state index contributed by atoms with van der Waals surface area (Å²) in [4.78, 5) is 15.0. The van der Waals surface area contributed by atoms with Gasteiger partial charge in [0.15, 0.2) is 0 Å². The molecule has 6 nitrogen and oxygen atoms in total. The number of thiol groups is 1. The highest BCUT2D eigenvalue weighted by molar-refractivity contribution is 7.74. The average Bonchev–Trinajstić information content (AvgIpc) is 3.00. The van der Waals surface area contributed by atoms with E-state index >= 15 is 0 Å². The molecular weight excluding hydrogens is 388 g/mol. The lowest BCUT2D eigenvalue weighted by molar-refractivity contribution is -0.123. The number of carbonyl (C=O) groups excluding carboxylic acids is 1. The number of H-pyrrole nitrogens is 1. The predicted octanol–water partition coefficient (Wildman–Crippen LogP) is 4.10. The van der Waals surface area contributed by atoms with E-state index in [1.54, 1.807) is 39.0 Å². The number of hydrogen-bond acceptors (Lipinski definition) is 3. The fourth-order valence-electron chi connectivity index (χ4n) is 2.64. The molecule has 28 heavy (non-hydrogen) atoms. The quantitative estimate of drug-likeness (QED) is 0.570. The Kier molecular flexibility index (Phi) is 5.12. The van der Waals surface area contributed by atoms with E-state index in [0.29, 0.717) is 20.9 Å². The Balaban J connectivity index is 2.05. The van der Waals surface area contributed by atoms with Crippen molar-refractivity contribution in [1.29, 1.82) is 0 Å². The molecule has 0 saturated carbocycles. The van der Waals surface area contributed by atoms with Crippen LogP contribution in [0, 0.1) is 17.0 Å². The number of carbonyl (C=O) groups is 1. The third-order valence-corrected chi connectivity index (χ3v) is 4.88. The molecule has 3 aromatic rings. The van der Waals surface area contributed by atoms with Gasteiger partial charge >= 0.3 is 0 Å².